The molecule has 0 saturated carbocycles. The Labute approximate surface area is 464 Å². The minimum Gasteiger partial charge on any atom is -0.489 e. The maximum absolute atomic E-state index is 9.56. The summed E-state index contributed by atoms with van der Waals surface area (Å²) in [5, 5.41) is 2.26. The molecule has 382 valence electrons. The molecule has 2 aromatic heterocycles. The van der Waals surface area contributed by atoms with Gasteiger partial charge in [0.05, 0.1) is 29.1 Å². The second-order valence-electron chi connectivity index (χ2n) is 22.2. The molecule has 0 radical (unpaired) electrons. The van der Waals surface area contributed by atoms with Crippen LogP contribution in [-0.2, 0) is 30.2 Å². The van der Waals surface area contributed by atoms with Gasteiger partial charge in [-0.15, -0.1) is 0 Å². The lowest BCUT2D eigenvalue weighted by Gasteiger charge is -2.24. The van der Waals surface area contributed by atoms with E-state index >= 15 is 0 Å². The zero-order valence-corrected chi connectivity index (χ0v) is 44.5. The fraction of sp³-hybridized carbons (Fsp3) is 0.254. The summed E-state index contributed by atoms with van der Waals surface area (Å²) < 4.78 is 87.6. The first-order valence-corrected chi connectivity index (χ1v) is 26.6. The SMILES string of the molecule is [2H]C([2H])([2H])C([2H])(C([2H])([2H])[2H])C([2H])([2H])c1cccc(-c2cc(-c3ccccc3)cc(C(C)(C)C)c2)c1CCCCN1CN(c2cccc(COc3ccc4c5ccccc5n(-c5cc(C(C)(C)C)ccn5)c4c3)c2)c2cc(-c3ccccc3)ccc21. The minimum atomic E-state index is -3.50. The van der Waals surface area contributed by atoms with Gasteiger partial charge < -0.3 is 14.5 Å². The van der Waals surface area contributed by atoms with E-state index in [2.05, 4.69) is 177 Å². The van der Waals surface area contributed by atoms with Gasteiger partial charge in [0, 0.05) is 47.6 Å². The zero-order valence-electron chi connectivity index (χ0n) is 53.5. The number of nitrogens with zero attached hydrogens (tertiary/aromatic N) is 4. The van der Waals surface area contributed by atoms with Crippen molar-refractivity contribution in [2.75, 3.05) is 23.0 Å². The van der Waals surface area contributed by atoms with Crippen molar-refractivity contribution in [3.8, 4) is 44.9 Å². The van der Waals surface area contributed by atoms with Crippen LogP contribution in [0.15, 0.2) is 200 Å². The number of fused-ring (bicyclic) bond motifs is 4. The highest BCUT2D eigenvalue weighted by Gasteiger charge is 2.28. The molecule has 1 aliphatic rings. The van der Waals surface area contributed by atoms with Crippen LogP contribution in [0.3, 0.4) is 0 Å². The number of hydrogen-bond acceptors (Lipinski definition) is 4. The Bertz CT molecular complexity index is 4050. The van der Waals surface area contributed by atoms with Crippen molar-refractivity contribution in [1.29, 1.82) is 0 Å². The van der Waals surface area contributed by atoms with Crippen LogP contribution in [-0.4, -0.2) is 22.8 Å². The lowest BCUT2D eigenvalue weighted by atomic mass is 9.81. The van der Waals surface area contributed by atoms with E-state index in [1.54, 1.807) is 6.07 Å². The Morgan fingerprint density at radius 1 is 0.592 bits per heavy atom. The van der Waals surface area contributed by atoms with Gasteiger partial charge in [-0.05, 0) is 164 Å². The van der Waals surface area contributed by atoms with Crippen LogP contribution >= 0.6 is 0 Å². The molecule has 0 spiro atoms. The van der Waals surface area contributed by atoms with Gasteiger partial charge in [0.15, 0.2) is 0 Å². The maximum atomic E-state index is 9.56. The Balaban J connectivity index is 0.898. The smallest absolute Gasteiger partial charge is 0.137 e. The monoisotopic (exact) mass is 1010 g/mol. The molecule has 10 aromatic rings. The van der Waals surface area contributed by atoms with Gasteiger partial charge >= 0.3 is 0 Å². The quantitative estimate of drug-likeness (QED) is 0.0959. The number of anilines is 3. The van der Waals surface area contributed by atoms with Crippen LogP contribution in [0.4, 0.5) is 17.1 Å². The summed E-state index contributed by atoms with van der Waals surface area (Å²) in [5.74, 6) is -1.88. The summed E-state index contributed by atoms with van der Waals surface area (Å²) in [4.78, 5) is 9.56. The Hall–Kier alpha value is -7.89. The molecule has 8 aromatic carbocycles. The molecule has 76 heavy (non-hydrogen) atoms. The highest BCUT2D eigenvalue weighted by molar-refractivity contribution is 6.09. The molecule has 0 unspecified atom stereocenters. The Kier molecular flexibility index (Phi) is 11.2. The molecule has 11 rings (SSSR count). The highest BCUT2D eigenvalue weighted by Crippen LogP contribution is 2.44. The van der Waals surface area contributed by atoms with Gasteiger partial charge in [0.25, 0.3) is 0 Å². The maximum Gasteiger partial charge on any atom is 0.137 e. The first-order valence-electron chi connectivity index (χ1n) is 31.1. The zero-order chi connectivity index (χ0) is 60.3. The molecule has 1 aliphatic heterocycles. The van der Waals surface area contributed by atoms with Gasteiger partial charge in [0.2, 0.25) is 0 Å². The molecule has 0 bridgehead atoms. The molecule has 5 nitrogen and oxygen atoms in total. The van der Waals surface area contributed by atoms with Crippen LogP contribution < -0.4 is 14.5 Å². The predicted molar refractivity (Wildman–Crippen MR) is 322 cm³/mol. The van der Waals surface area contributed by atoms with E-state index in [1.165, 1.54) is 11.6 Å². The third-order valence-electron chi connectivity index (χ3n) is 14.9. The van der Waals surface area contributed by atoms with Gasteiger partial charge in [-0.3, -0.25) is 4.57 Å². The van der Waals surface area contributed by atoms with E-state index < -0.39 is 26.0 Å². The highest BCUT2D eigenvalue weighted by atomic mass is 16.5. The number of rotatable bonds is 15. The summed E-state index contributed by atoms with van der Waals surface area (Å²) in [5.41, 5.74) is 14.1. The Morgan fingerprint density at radius 2 is 1.32 bits per heavy atom. The van der Waals surface area contributed by atoms with E-state index in [0.717, 1.165) is 89.4 Å². The average molecular weight is 1010 g/mol. The van der Waals surface area contributed by atoms with Crippen molar-refractivity contribution in [1.82, 2.24) is 9.55 Å². The van der Waals surface area contributed by atoms with E-state index in [4.69, 9.17) is 17.9 Å². The summed E-state index contributed by atoms with van der Waals surface area (Å²) in [7, 11) is 0. The second-order valence-corrected chi connectivity index (χ2v) is 22.2. The van der Waals surface area contributed by atoms with Crippen LogP contribution in [0.1, 0.15) is 108 Å². The van der Waals surface area contributed by atoms with E-state index in [0.29, 0.717) is 50.2 Å². The largest absolute Gasteiger partial charge is 0.489 e. The van der Waals surface area contributed by atoms with Gasteiger partial charge in [0.1, 0.15) is 18.2 Å². The Morgan fingerprint density at radius 3 is 2.09 bits per heavy atom. The topological polar surface area (TPSA) is 33.5 Å². The van der Waals surface area contributed by atoms with E-state index in [1.807, 2.05) is 66.9 Å². The number of aromatic nitrogens is 2. The van der Waals surface area contributed by atoms with Crippen molar-refractivity contribution < 1.29 is 17.1 Å². The van der Waals surface area contributed by atoms with Gasteiger partial charge in [-0.2, -0.15) is 0 Å². The normalized spacial score (nSPS) is 15.2. The second kappa shape index (κ2) is 21.0. The van der Waals surface area contributed by atoms with Crippen molar-refractivity contribution in [3.63, 3.8) is 0 Å². The number of hydrogen-bond donors (Lipinski definition) is 0. The number of benzene rings is 8. The minimum absolute atomic E-state index is 0.0501. The predicted octanol–water partition coefficient (Wildman–Crippen LogP) is 18.5. The summed E-state index contributed by atoms with van der Waals surface area (Å²) in [6.07, 6.45) is 0.254. The molecular weight excluding hydrogens is 925 g/mol. The average Bonchev–Trinajstić information content (AvgIpc) is 2.22. The first-order chi connectivity index (χ1) is 40.3. The van der Waals surface area contributed by atoms with Gasteiger partial charge in [-0.1, -0.05) is 183 Å². The fourth-order valence-electron chi connectivity index (χ4n) is 10.8. The molecule has 0 fully saturated rings. The third-order valence-corrected chi connectivity index (χ3v) is 14.9. The summed E-state index contributed by atoms with van der Waals surface area (Å²) in [6.45, 7) is 7.56. The van der Waals surface area contributed by atoms with Crippen molar-refractivity contribution in [2.45, 2.75) is 98.3 Å². The van der Waals surface area contributed by atoms with Crippen LogP contribution in [0, 0.1) is 5.89 Å². The number of unbranched alkanes of at least 4 members (excludes halogenated alkanes) is 1. The molecule has 5 heteroatoms. The molecular formula is C71H72N4O. The number of pyridine rings is 1. The molecule has 3 heterocycles. The van der Waals surface area contributed by atoms with Crippen molar-refractivity contribution >= 4 is 38.9 Å². The summed E-state index contributed by atoms with van der Waals surface area (Å²) in [6, 6.07) is 65.8. The van der Waals surface area contributed by atoms with E-state index in [9.17, 15) is 4.11 Å². The third kappa shape index (κ3) is 10.5. The molecule has 0 atom stereocenters. The number of ether oxygens (including phenoxy) is 1. The fourth-order valence-corrected chi connectivity index (χ4v) is 10.8. The van der Waals surface area contributed by atoms with Crippen LogP contribution in [0.2, 0.25) is 0 Å². The molecule has 0 N–H and O–H groups in total. The number of para-hydroxylation sites is 1. The first kappa shape index (κ1) is 40.4. The van der Waals surface area contributed by atoms with Crippen molar-refractivity contribution in [2.24, 2.45) is 5.89 Å². The summed E-state index contributed by atoms with van der Waals surface area (Å²) >= 11 is 0. The molecule has 0 saturated heterocycles. The van der Waals surface area contributed by atoms with E-state index in [-0.39, 0.29) is 16.4 Å². The lowest BCUT2D eigenvalue weighted by molar-refractivity contribution is 0.306. The molecule has 0 amide bonds. The van der Waals surface area contributed by atoms with Crippen molar-refractivity contribution in [3.05, 3.63) is 228 Å². The van der Waals surface area contributed by atoms with Gasteiger partial charge in [-0.25, -0.2) is 4.98 Å². The standard InChI is InChI=1S/C71H72N4O/c1-49(2)39-54-26-20-30-62(56-41-55(52-24-13-10-14-25-52)42-58(43-56)71(6,7)8)61(54)28-17-18-38-73-48-74(68-44-53(32-35-66(68)73)51-22-11-9-12-23-51)59-27-19-21-50(40-59)47-76-60-33-34-64-63-29-15-16-31-65(63)75(67(64)46-60)69-45-57(36-37-72-69)70(3,4)5/h9-16,19-27,29-37,40-46,49H,17-18,28,38-39,47-48H2,1-8H3/i1D3,2D3,39D2,49D. The van der Waals surface area contributed by atoms with Crippen LogP contribution in [0.25, 0.3) is 61.0 Å². The lowest BCUT2D eigenvalue weighted by Crippen LogP contribution is -2.28. The van der Waals surface area contributed by atoms with Crippen LogP contribution in [0.5, 0.6) is 5.75 Å². The molecule has 0 aliphatic carbocycles.